The summed E-state index contributed by atoms with van der Waals surface area (Å²) in [5, 5.41) is 2.73. The smallest absolute Gasteiger partial charge is 0.221 e. The number of imidazole rings is 1. The number of rotatable bonds is 2. The van der Waals surface area contributed by atoms with E-state index < -0.39 is 0 Å². The molecule has 0 saturated heterocycles. The molecule has 1 heterocycles. The van der Waals surface area contributed by atoms with E-state index in [0.717, 1.165) is 17.1 Å². The summed E-state index contributed by atoms with van der Waals surface area (Å²) in [4.78, 5) is 15.1. The van der Waals surface area contributed by atoms with Gasteiger partial charge in [-0.15, -0.1) is 0 Å². The van der Waals surface area contributed by atoms with Gasteiger partial charge in [0.15, 0.2) is 0 Å². The Bertz CT molecular complexity index is 499. The van der Waals surface area contributed by atoms with Gasteiger partial charge in [-0.3, -0.25) is 4.79 Å². The second-order valence-corrected chi connectivity index (χ2v) is 3.62. The molecular weight excluding hydrogens is 202 g/mol. The zero-order valence-electron chi connectivity index (χ0n) is 9.27. The summed E-state index contributed by atoms with van der Waals surface area (Å²) in [6.45, 7) is 1.49. The van der Waals surface area contributed by atoms with Crippen LogP contribution < -0.4 is 5.32 Å². The van der Waals surface area contributed by atoms with Gasteiger partial charge in [-0.2, -0.15) is 0 Å². The van der Waals surface area contributed by atoms with Crippen LogP contribution in [0, 0.1) is 0 Å². The summed E-state index contributed by atoms with van der Waals surface area (Å²) in [7, 11) is 1.95. The van der Waals surface area contributed by atoms with Crippen LogP contribution in [-0.4, -0.2) is 15.5 Å². The van der Waals surface area contributed by atoms with E-state index in [2.05, 4.69) is 10.3 Å². The lowest BCUT2D eigenvalue weighted by atomic mass is 10.2. The number of nitrogens with zero attached hydrogens (tertiary/aromatic N) is 2. The van der Waals surface area contributed by atoms with Gasteiger partial charge in [-0.1, -0.05) is 0 Å². The fourth-order valence-corrected chi connectivity index (χ4v) is 1.55. The Balaban J connectivity index is 2.26. The number of carbonyl (C=O) groups is 1. The summed E-state index contributed by atoms with van der Waals surface area (Å²) in [6, 6.07) is 7.61. The van der Waals surface area contributed by atoms with Gasteiger partial charge in [-0.25, -0.2) is 4.98 Å². The SMILES string of the molecule is CC(=O)Nc1ccc(-c2nccn2C)cc1. The van der Waals surface area contributed by atoms with Crippen molar-refractivity contribution in [2.45, 2.75) is 6.92 Å². The monoisotopic (exact) mass is 215 g/mol. The summed E-state index contributed by atoms with van der Waals surface area (Å²) < 4.78 is 1.95. The molecule has 0 aliphatic rings. The number of hydrogen-bond donors (Lipinski definition) is 1. The number of nitrogens with one attached hydrogen (secondary N) is 1. The van der Waals surface area contributed by atoms with Gasteiger partial charge in [0.2, 0.25) is 5.91 Å². The minimum atomic E-state index is -0.0651. The average Bonchev–Trinajstić information content (AvgIpc) is 2.65. The van der Waals surface area contributed by atoms with Crippen LogP contribution in [0.25, 0.3) is 11.4 Å². The Morgan fingerprint density at radius 3 is 2.50 bits per heavy atom. The van der Waals surface area contributed by atoms with E-state index >= 15 is 0 Å². The molecule has 0 bridgehead atoms. The van der Waals surface area contributed by atoms with Gasteiger partial charge < -0.3 is 9.88 Å². The first-order valence-corrected chi connectivity index (χ1v) is 5.02. The van der Waals surface area contributed by atoms with E-state index in [1.54, 1.807) is 6.20 Å². The zero-order valence-corrected chi connectivity index (χ0v) is 9.27. The minimum Gasteiger partial charge on any atom is -0.334 e. The molecule has 0 aliphatic heterocycles. The maximum Gasteiger partial charge on any atom is 0.221 e. The molecule has 4 nitrogen and oxygen atoms in total. The van der Waals surface area contributed by atoms with Crippen LogP contribution in [-0.2, 0) is 11.8 Å². The number of amides is 1. The molecule has 1 N–H and O–H groups in total. The van der Waals surface area contributed by atoms with Crippen molar-refractivity contribution < 1.29 is 4.79 Å². The van der Waals surface area contributed by atoms with Crippen LogP contribution in [0.4, 0.5) is 5.69 Å². The fraction of sp³-hybridized carbons (Fsp3) is 0.167. The van der Waals surface area contributed by atoms with Crippen LogP contribution >= 0.6 is 0 Å². The van der Waals surface area contributed by atoms with E-state index in [1.807, 2.05) is 42.1 Å². The Hall–Kier alpha value is -2.10. The maximum atomic E-state index is 10.9. The average molecular weight is 215 g/mol. The molecule has 1 amide bonds. The molecular formula is C12H13N3O. The largest absolute Gasteiger partial charge is 0.334 e. The molecule has 1 aromatic heterocycles. The lowest BCUT2D eigenvalue weighted by Crippen LogP contribution is -2.05. The third-order valence-corrected chi connectivity index (χ3v) is 2.28. The van der Waals surface area contributed by atoms with Crippen molar-refractivity contribution in [3.63, 3.8) is 0 Å². The summed E-state index contributed by atoms with van der Waals surface area (Å²) in [6.07, 6.45) is 3.66. The highest BCUT2D eigenvalue weighted by Crippen LogP contribution is 2.18. The number of aryl methyl sites for hydroxylation is 1. The zero-order chi connectivity index (χ0) is 11.5. The molecule has 2 aromatic rings. The van der Waals surface area contributed by atoms with E-state index in [4.69, 9.17) is 0 Å². The van der Waals surface area contributed by atoms with Crippen molar-refractivity contribution >= 4 is 11.6 Å². The number of hydrogen-bond acceptors (Lipinski definition) is 2. The third-order valence-electron chi connectivity index (χ3n) is 2.28. The second kappa shape index (κ2) is 4.18. The number of anilines is 1. The van der Waals surface area contributed by atoms with Gasteiger partial charge in [0.05, 0.1) is 0 Å². The first-order chi connectivity index (χ1) is 7.66. The van der Waals surface area contributed by atoms with Gasteiger partial charge in [0.1, 0.15) is 5.82 Å². The van der Waals surface area contributed by atoms with Gasteiger partial charge in [-0.05, 0) is 24.3 Å². The summed E-state index contributed by atoms with van der Waals surface area (Å²) in [5.74, 6) is 0.846. The normalized spacial score (nSPS) is 10.1. The molecule has 0 atom stereocenters. The Morgan fingerprint density at radius 1 is 1.31 bits per heavy atom. The second-order valence-electron chi connectivity index (χ2n) is 3.62. The number of carbonyl (C=O) groups excluding carboxylic acids is 1. The molecule has 0 fully saturated rings. The van der Waals surface area contributed by atoms with Crippen molar-refractivity contribution in [3.8, 4) is 11.4 Å². The molecule has 1 aromatic carbocycles. The van der Waals surface area contributed by atoms with Crippen LogP contribution in [0.5, 0.6) is 0 Å². The molecule has 2 rings (SSSR count). The van der Waals surface area contributed by atoms with Gasteiger partial charge >= 0.3 is 0 Å². The van der Waals surface area contributed by atoms with Crippen LogP contribution in [0.1, 0.15) is 6.92 Å². The van der Waals surface area contributed by atoms with Gasteiger partial charge in [0, 0.05) is 37.6 Å². The molecule has 0 aliphatic carbocycles. The van der Waals surface area contributed by atoms with Crippen LogP contribution in [0.2, 0.25) is 0 Å². The van der Waals surface area contributed by atoms with E-state index in [1.165, 1.54) is 6.92 Å². The first kappa shape index (κ1) is 10.4. The van der Waals surface area contributed by atoms with Crippen molar-refractivity contribution in [2.75, 3.05) is 5.32 Å². The number of benzene rings is 1. The lowest BCUT2D eigenvalue weighted by molar-refractivity contribution is -0.114. The molecule has 82 valence electrons. The topological polar surface area (TPSA) is 46.9 Å². The predicted molar refractivity (Wildman–Crippen MR) is 62.9 cm³/mol. The number of aromatic nitrogens is 2. The maximum absolute atomic E-state index is 10.9. The molecule has 0 saturated carbocycles. The lowest BCUT2D eigenvalue weighted by Gasteiger charge is -2.04. The molecule has 16 heavy (non-hydrogen) atoms. The molecule has 0 unspecified atom stereocenters. The highest BCUT2D eigenvalue weighted by molar-refractivity contribution is 5.88. The first-order valence-electron chi connectivity index (χ1n) is 5.02. The van der Waals surface area contributed by atoms with Crippen molar-refractivity contribution in [2.24, 2.45) is 7.05 Å². The minimum absolute atomic E-state index is 0.0651. The summed E-state index contributed by atoms with van der Waals surface area (Å²) in [5.41, 5.74) is 1.83. The summed E-state index contributed by atoms with van der Waals surface area (Å²) >= 11 is 0. The van der Waals surface area contributed by atoms with E-state index in [0.29, 0.717) is 0 Å². The molecule has 0 radical (unpaired) electrons. The van der Waals surface area contributed by atoms with Gasteiger partial charge in [0.25, 0.3) is 0 Å². The Morgan fingerprint density at radius 2 is 2.00 bits per heavy atom. The highest BCUT2D eigenvalue weighted by atomic mass is 16.1. The molecule has 4 heteroatoms. The van der Waals surface area contributed by atoms with E-state index in [9.17, 15) is 4.79 Å². The van der Waals surface area contributed by atoms with E-state index in [-0.39, 0.29) is 5.91 Å². The quantitative estimate of drug-likeness (QED) is 0.833. The van der Waals surface area contributed by atoms with Crippen molar-refractivity contribution in [3.05, 3.63) is 36.7 Å². The third kappa shape index (κ3) is 2.11. The van der Waals surface area contributed by atoms with Crippen LogP contribution in [0.3, 0.4) is 0 Å². The van der Waals surface area contributed by atoms with Crippen LogP contribution in [0.15, 0.2) is 36.7 Å². The van der Waals surface area contributed by atoms with Crippen molar-refractivity contribution in [1.29, 1.82) is 0 Å². The fourth-order valence-electron chi connectivity index (χ4n) is 1.55. The Labute approximate surface area is 93.9 Å². The molecule has 0 spiro atoms. The standard InChI is InChI=1S/C12H13N3O/c1-9(16)14-11-5-3-10(4-6-11)12-13-7-8-15(12)2/h3-8H,1-2H3,(H,14,16). The van der Waals surface area contributed by atoms with Crippen molar-refractivity contribution in [1.82, 2.24) is 9.55 Å². The highest BCUT2D eigenvalue weighted by Gasteiger charge is 2.02. The predicted octanol–water partition coefficient (Wildman–Crippen LogP) is 2.05. The Kier molecular flexibility index (Phi) is 2.72.